The van der Waals surface area contributed by atoms with E-state index in [0.717, 1.165) is 29.8 Å². The predicted molar refractivity (Wildman–Crippen MR) is 98.3 cm³/mol. The maximum atomic E-state index is 9.25. The van der Waals surface area contributed by atoms with E-state index < -0.39 is 0 Å². The lowest BCUT2D eigenvalue weighted by Gasteiger charge is -2.13. The van der Waals surface area contributed by atoms with Crippen molar-refractivity contribution in [1.82, 2.24) is 4.90 Å². The maximum absolute atomic E-state index is 9.25. The Balaban J connectivity index is 2.07. The van der Waals surface area contributed by atoms with Gasteiger partial charge in [0, 0.05) is 18.7 Å². The number of hydrogen-bond donors (Lipinski definition) is 1. The monoisotopic (exact) mass is 323 g/mol. The van der Waals surface area contributed by atoms with Crippen molar-refractivity contribution in [3.8, 4) is 5.75 Å². The molecule has 0 atom stereocenters. The molecular formula is C21H25NO2. The average molecular weight is 323 g/mol. The maximum Gasteiger partial charge on any atom is 0.127 e. The Bertz CT molecular complexity index is 734. The highest BCUT2D eigenvalue weighted by atomic mass is 16.5. The number of benzene rings is 2. The third-order valence-corrected chi connectivity index (χ3v) is 4.35. The molecule has 0 saturated heterocycles. The number of hydrogen-bond acceptors (Lipinski definition) is 3. The van der Waals surface area contributed by atoms with E-state index in [1.165, 1.54) is 16.7 Å². The second kappa shape index (κ2) is 7.65. The summed E-state index contributed by atoms with van der Waals surface area (Å²) < 4.78 is 6.05. The van der Waals surface area contributed by atoms with Crippen LogP contribution in [-0.2, 0) is 13.0 Å². The third-order valence-electron chi connectivity index (χ3n) is 4.35. The number of aliphatic hydroxyl groups is 1. The standard InChI is InChI=1S/C21H25NO2/c1-22(2)12-5-8-19-18-7-4-3-6-17(18)15-24-21-10-9-16(11-13-23)14-20(19)21/h3-4,6-10,14,23H,5,11-13,15H2,1-2H3. The Hall–Kier alpha value is -2.10. The summed E-state index contributed by atoms with van der Waals surface area (Å²) in [6.07, 6.45) is 3.97. The van der Waals surface area contributed by atoms with Gasteiger partial charge in [-0.05, 0) is 61.3 Å². The van der Waals surface area contributed by atoms with Gasteiger partial charge in [-0.15, -0.1) is 0 Å². The Morgan fingerprint density at radius 1 is 1.12 bits per heavy atom. The van der Waals surface area contributed by atoms with Gasteiger partial charge in [-0.3, -0.25) is 0 Å². The van der Waals surface area contributed by atoms with E-state index in [1.54, 1.807) is 0 Å². The van der Waals surface area contributed by atoms with Crippen molar-refractivity contribution in [3.05, 3.63) is 70.8 Å². The van der Waals surface area contributed by atoms with Crippen LogP contribution in [-0.4, -0.2) is 37.3 Å². The molecule has 0 fully saturated rings. The Morgan fingerprint density at radius 3 is 2.75 bits per heavy atom. The molecule has 0 amide bonds. The molecule has 3 nitrogen and oxygen atoms in total. The SMILES string of the molecule is CN(C)CCC=C1c2ccccc2COc2ccc(CCO)cc21. The van der Waals surface area contributed by atoms with E-state index in [4.69, 9.17) is 4.74 Å². The Labute approximate surface area is 144 Å². The summed E-state index contributed by atoms with van der Waals surface area (Å²) in [4.78, 5) is 2.19. The van der Waals surface area contributed by atoms with Gasteiger partial charge in [-0.1, -0.05) is 36.4 Å². The predicted octanol–water partition coefficient (Wildman–Crippen LogP) is 3.50. The highest BCUT2D eigenvalue weighted by molar-refractivity contribution is 5.85. The molecule has 126 valence electrons. The molecule has 0 unspecified atom stereocenters. The van der Waals surface area contributed by atoms with Gasteiger partial charge in [0.15, 0.2) is 0 Å². The molecule has 0 saturated carbocycles. The van der Waals surface area contributed by atoms with Crippen molar-refractivity contribution in [2.45, 2.75) is 19.4 Å². The number of fused-ring (bicyclic) bond motifs is 2. The number of nitrogens with zero attached hydrogens (tertiary/aromatic N) is 1. The van der Waals surface area contributed by atoms with Crippen LogP contribution >= 0.6 is 0 Å². The molecule has 0 aromatic heterocycles. The van der Waals surface area contributed by atoms with Crippen LogP contribution in [0.2, 0.25) is 0 Å². The summed E-state index contributed by atoms with van der Waals surface area (Å²) in [6, 6.07) is 14.7. The van der Waals surface area contributed by atoms with Crippen LogP contribution in [0.25, 0.3) is 5.57 Å². The largest absolute Gasteiger partial charge is 0.488 e. The zero-order chi connectivity index (χ0) is 16.9. The van der Waals surface area contributed by atoms with Crippen molar-refractivity contribution < 1.29 is 9.84 Å². The molecule has 3 heteroatoms. The summed E-state index contributed by atoms with van der Waals surface area (Å²) in [5.74, 6) is 0.920. The fourth-order valence-corrected chi connectivity index (χ4v) is 3.09. The van der Waals surface area contributed by atoms with Gasteiger partial charge in [-0.2, -0.15) is 0 Å². The first-order valence-electron chi connectivity index (χ1n) is 8.49. The molecule has 1 aliphatic rings. The zero-order valence-electron chi connectivity index (χ0n) is 14.5. The van der Waals surface area contributed by atoms with Crippen LogP contribution in [0.1, 0.15) is 28.7 Å². The highest BCUT2D eigenvalue weighted by Crippen LogP contribution is 2.37. The van der Waals surface area contributed by atoms with Crippen LogP contribution in [0.3, 0.4) is 0 Å². The molecule has 0 bridgehead atoms. The summed E-state index contributed by atoms with van der Waals surface area (Å²) in [7, 11) is 4.19. The first kappa shape index (κ1) is 16.7. The van der Waals surface area contributed by atoms with Gasteiger partial charge in [0.05, 0.1) is 0 Å². The lowest BCUT2D eigenvalue weighted by atomic mass is 9.92. The van der Waals surface area contributed by atoms with Crippen LogP contribution in [0, 0.1) is 0 Å². The van der Waals surface area contributed by atoms with Gasteiger partial charge in [-0.25, -0.2) is 0 Å². The van der Waals surface area contributed by atoms with Crippen molar-refractivity contribution >= 4 is 5.57 Å². The summed E-state index contributed by atoms with van der Waals surface area (Å²) >= 11 is 0. The van der Waals surface area contributed by atoms with E-state index in [1.807, 2.05) is 12.1 Å². The van der Waals surface area contributed by atoms with Crippen molar-refractivity contribution in [3.63, 3.8) is 0 Å². The summed E-state index contributed by atoms with van der Waals surface area (Å²) in [5, 5.41) is 9.25. The van der Waals surface area contributed by atoms with Crippen LogP contribution < -0.4 is 4.74 Å². The van der Waals surface area contributed by atoms with E-state index >= 15 is 0 Å². The van der Waals surface area contributed by atoms with E-state index in [9.17, 15) is 5.11 Å². The fraction of sp³-hybridized carbons (Fsp3) is 0.333. The molecule has 0 radical (unpaired) electrons. The minimum Gasteiger partial charge on any atom is -0.488 e. The summed E-state index contributed by atoms with van der Waals surface area (Å²) in [5.41, 5.74) is 5.96. The van der Waals surface area contributed by atoms with Crippen molar-refractivity contribution in [2.75, 3.05) is 27.2 Å². The normalized spacial score (nSPS) is 14.9. The van der Waals surface area contributed by atoms with Crippen LogP contribution in [0.5, 0.6) is 5.75 Å². The highest BCUT2D eigenvalue weighted by Gasteiger charge is 2.19. The lowest BCUT2D eigenvalue weighted by molar-refractivity contribution is 0.298. The van der Waals surface area contributed by atoms with E-state index in [0.29, 0.717) is 13.0 Å². The second-order valence-electron chi connectivity index (χ2n) is 6.46. The number of aliphatic hydroxyl groups excluding tert-OH is 1. The third kappa shape index (κ3) is 3.69. The fourth-order valence-electron chi connectivity index (χ4n) is 3.09. The molecular weight excluding hydrogens is 298 g/mol. The Morgan fingerprint density at radius 2 is 1.96 bits per heavy atom. The average Bonchev–Trinajstić information content (AvgIpc) is 2.72. The van der Waals surface area contributed by atoms with Crippen molar-refractivity contribution in [2.24, 2.45) is 0 Å². The second-order valence-corrected chi connectivity index (χ2v) is 6.46. The first-order chi connectivity index (χ1) is 11.7. The van der Waals surface area contributed by atoms with E-state index in [-0.39, 0.29) is 6.61 Å². The smallest absolute Gasteiger partial charge is 0.127 e. The minimum atomic E-state index is 0.163. The first-order valence-corrected chi connectivity index (χ1v) is 8.49. The quantitative estimate of drug-likeness (QED) is 0.914. The van der Waals surface area contributed by atoms with Gasteiger partial charge >= 0.3 is 0 Å². The number of rotatable bonds is 5. The molecule has 1 aliphatic heterocycles. The van der Waals surface area contributed by atoms with Crippen LogP contribution in [0.4, 0.5) is 0 Å². The topological polar surface area (TPSA) is 32.7 Å². The zero-order valence-corrected chi connectivity index (χ0v) is 14.5. The molecule has 24 heavy (non-hydrogen) atoms. The van der Waals surface area contributed by atoms with Gasteiger partial charge in [0.1, 0.15) is 12.4 Å². The molecule has 2 aromatic carbocycles. The van der Waals surface area contributed by atoms with E-state index in [2.05, 4.69) is 55.4 Å². The molecule has 1 heterocycles. The number of ether oxygens (including phenoxy) is 1. The lowest BCUT2D eigenvalue weighted by Crippen LogP contribution is -2.12. The van der Waals surface area contributed by atoms with Gasteiger partial charge in [0.25, 0.3) is 0 Å². The molecule has 0 spiro atoms. The van der Waals surface area contributed by atoms with Crippen LogP contribution in [0.15, 0.2) is 48.5 Å². The van der Waals surface area contributed by atoms with Gasteiger partial charge < -0.3 is 14.7 Å². The molecule has 1 N–H and O–H groups in total. The minimum absolute atomic E-state index is 0.163. The summed E-state index contributed by atoms with van der Waals surface area (Å²) in [6.45, 7) is 1.77. The molecule has 0 aliphatic carbocycles. The van der Waals surface area contributed by atoms with Gasteiger partial charge in [0.2, 0.25) is 0 Å². The molecule has 2 aromatic rings. The Kier molecular flexibility index (Phi) is 5.34. The molecule has 3 rings (SSSR count). The van der Waals surface area contributed by atoms with Crippen molar-refractivity contribution in [1.29, 1.82) is 0 Å².